The number of benzene rings is 2. The molecule has 0 saturated carbocycles. The van der Waals surface area contributed by atoms with Crippen LogP contribution in [-0.4, -0.2) is 43.0 Å². The van der Waals surface area contributed by atoms with Gasteiger partial charge in [-0.2, -0.15) is 0 Å². The molecule has 2 aliphatic rings. The molecule has 0 unspecified atom stereocenters. The Bertz CT molecular complexity index is 1000. The van der Waals surface area contributed by atoms with Crippen LogP contribution in [0.15, 0.2) is 54.2 Å². The predicted molar refractivity (Wildman–Crippen MR) is 120 cm³/mol. The zero-order valence-electron chi connectivity index (χ0n) is 18.3. The molecule has 4 rings (SSSR count). The van der Waals surface area contributed by atoms with Crippen molar-refractivity contribution in [3.8, 4) is 11.5 Å². The summed E-state index contributed by atoms with van der Waals surface area (Å²) in [5, 5.41) is 0. The third-order valence-corrected chi connectivity index (χ3v) is 5.57. The Balaban J connectivity index is 1.78. The van der Waals surface area contributed by atoms with E-state index in [4.69, 9.17) is 9.47 Å². The number of likely N-dealkylation sites (tertiary alicyclic amines) is 1. The summed E-state index contributed by atoms with van der Waals surface area (Å²) >= 11 is 0. The summed E-state index contributed by atoms with van der Waals surface area (Å²) in [5.74, 6) is 0.600. The molecule has 2 amide bonds. The Labute approximate surface area is 183 Å². The van der Waals surface area contributed by atoms with Crippen LogP contribution in [0.25, 0.3) is 5.57 Å². The van der Waals surface area contributed by atoms with Gasteiger partial charge in [-0.25, -0.2) is 4.90 Å². The Morgan fingerprint density at radius 2 is 1.55 bits per heavy atom. The van der Waals surface area contributed by atoms with Gasteiger partial charge in [-0.3, -0.25) is 9.59 Å². The SMILES string of the molecule is COc1ccccc1N1C(=O)C(c2ccc(OC(C)C)cc2)=C(N2CCCCC2)C1=O. The summed E-state index contributed by atoms with van der Waals surface area (Å²) in [6, 6.07) is 14.5. The molecule has 2 aromatic rings. The van der Waals surface area contributed by atoms with Crippen LogP contribution in [0.2, 0.25) is 0 Å². The first kappa shape index (κ1) is 21.0. The summed E-state index contributed by atoms with van der Waals surface area (Å²) < 4.78 is 11.2. The normalized spacial score (nSPS) is 17.0. The molecule has 0 bridgehead atoms. The molecule has 0 radical (unpaired) electrons. The highest BCUT2D eigenvalue weighted by atomic mass is 16.5. The topological polar surface area (TPSA) is 59.1 Å². The lowest BCUT2D eigenvalue weighted by molar-refractivity contribution is -0.120. The number of amides is 2. The first-order chi connectivity index (χ1) is 15.0. The Morgan fingerprint density at radius 3 is 2.19 bits per heavy atom. The molecule has 2 aliphatic heterocycles. The van der Waals surface area contributed by atoms with Gasteiger partial charge in [0.2, 0.25) is 0 Å². The number of hydrogen-bond donors (Lipinski definition) is 0. The number of ether oxygens (including phenoxy) is 2. The van der Waals surface area contributed by atoms with Gasteiger partial charge in [-0.05, 0) is 62.9 Å². The van der Waals surface area contributed by atoms with Gasteiger partial charge < -0.3 is 14.4 Å². The third-order valence-electron chi connectivity index (χ3n) is 5.57. The molecular weight excluding hydrogens is 392 g/mol. The van der Waals surface area contributed by atoms with Crippen LogP contribution in [0.5, 0.6) is 11.5 Å². The molecule has 1 saturated heterocycles. The number of methoxy groups -OCH3 is 1. The molecule has 0 atom stereocenters. The van der Waals surface area contributed by atoms with Gasteiger partial charge in [-0.15, -0.1) is 0 Å². The highest BCUT2D eigenvalue weighted by Gasteiger charge is 2.43. The van der Waals surface area contributed by atoms with E-state index in [-0.39, 0.29) is 17.9 Å². The standard InChI is InChI=1S/C25H28N2O4/c1-17(2)31-19-13-11-18(12-14-19)22-23(26-15-7-4-8-16-26)25(29)27(24(22)28)20-9-5-6-10-21(20)30-3/h5-6,9-14,17H,4,7-8,15-16H2,1-3H3. The van der Waals surface area contributed by atoms with E-state index in [1.807, 2.05) is 44.2 Å². The summed E-state index contributed by atoms with van der Waals surface area (Å²) in [5.41, 5.74) is 2.10. The van der Waals surface area contributed by atoms with Gasteiger partial charge in [-0.1, -0.05) is 24.3 Å². The lowest BCUT2D eigenvalue weighted by Gasteiger charge is -2.29. The van der Waals surface area contributed by atoms with Crippen LogP contribution in [0.4, 0.5) is 5.69 Å². The van der Waals surface area contributed by atoms with Crippen molar-refractivity contribution in [2.24, 2.45) is 0 Å². The second kappa shape index (κ2) is 8.84. The van der Waals surface area contributed by atoms with Crippen molar-refractivity contribution in [3.63, 3.8) is 0 Å². The Kier molecular flexibility index (Phi) is 5.98. The van der Waals surface area contributed by atoms with Gasteiger partial charge in [0.15, 0.2) is 0 Å². The first-order valence-corrected chi connectivity index (χ1v) is 10.8. The van der Waals surface area contributed by atoms with Crippen LogP contribution >= 0.6 is 0 Å². The van der Waals surface area contributed by atoms with Crippen molar-refractivity contribution in [1.82, 2.24) is 4.90 Å². The minimum atomic E-state index is -0.326. The lowest BCUT2D eigenvalue weighted by atomic mass is 10.0. The number of carbonyl (C=O) groups is 2. The smallest absolute Gasteiger partial charge is 0.282 e. The van der Waals surface area contributed by atoms with Crippen molar-refractivity contribution in [3.05, 3.63) is 59.8 Å². The van der Waals surface area contributed by atoms with E-state index in [1.54, 1.807) is 18.2 Å². The van der Waals surface area contributed by atoms with Gasteiger partial charge in [0, 0.05) is 13.1 Å². The molecule has 6 heteroatoms. The van der Waals surface area contributed by atoms with Crippen molar-refractivity contribution in [1.29, 1.82) is 0 Å². The molecular formula is C25H28N2O4. The van der Waals surface area contributed by atoms with E-state index in [1.165, 1.54) is 12.0 Å². The zero-order valence-corrected chi connectivity index (χ0v) is 18.3. The van der Waals surface area contributed by atoms with E-state index in [2.05, 4.69) is 4.90 Å². The zero-order chi connectivity index (χ0) is 22.0. The number of rotatable bonds is 6. The minimum Gasteiger partial charge on any atom is -0.495 e. The first-order valence-electron chi connectivity index (χ1n) is 10.8. The summed E-state index contributed by atoms with van der Waals surface area (Å²) in [6.07, 6.45) is 3.21. The highest BCUT2D eigenvalue weighted by molar-refractivity contribution is 6.45. The maximum Gasteiger partial charge on any atom is 0.282 e. The van der Waals surface area contributed by atoms with Crippen molar-refractivity contribution < 1.29 is 19.1 Å². The molecule has 6 nitrogen and oxygen atoms in total. The van der Waals surface area contributed by atoms with E-state index in [9.17, 15) is 9.59 Å². The Morgan fingerprint density at radius 1 is 0.871 bits per heavy atom. The van der Waals surface area contributed by atoms with Crippen LogP contribution < -0.4 is 14.4 Å². The number of imide groups is 1. The van der Waals surface area contributed by atoms with Crippen molar-refractivity contribution in [2.45, 2.75) is 39.2 Å². The molecule has 0 spiro atoms. The number of hydrogen-bond acceptors (Lipinski definition) is 5. The van der Waals surface area contributed by atoms with E-state index in [0.29, 0.717) is 28.3 Å². The lowest BCUT2D eigenvalue weighted by Crippen LogP contribution is -2.37. The quantitative estimate of drug-likeness (QED) is 0.654. The van der Waals surface area contributed by atoms with Gasteiger partial charge in [0.05, 0.1) is 24.5 Å². The Hall–Kier alpha value is -3.28. The average Bonchev–Trinajstić information content (AvgIpc) is 3.04. The fraction of sp³-hybridized carbons (Fsp3) is 0.360. The molecule has 2 heterocycles. The summed E-state index contributed by atoms with van der Waals surface area (Å²) in [6.45, 7) is 5.47. The molecule has 0 N–H and O–H groups in total. The van der Waals surface area contributed by atoms with E-state index in [0.717, 1.165) is 38.1 Å². The number of para-hydroxylation sites is 2. The maximum absolute atomic E-state index is 13.6. The van der Waals surface area contributed by atoms with Crippen molar-refractivity contribution >= 4 is 23.1 Å². The fourth-order valence-electron chi connectivity index (χ4n) is 4.19. The van der Waals surface area contributed by atoms with Crippen LogP contribution in [0.1, 0.15) is 38.7 Å². The number of nitrogens with zero attached hydrogens (tertiary/aromatic N) is 2. The molecule has 0 aliphatic carbocycles. The average molecular weight is 421 g/mol. The van der Waals surface area contributed by atoms with Crippen LogP contribution in [0, 0.1) is 0 Å². The van der Waals surface area contributed by atoms with Crippen LogP contribution in [-0.2, 0) is 9.59 Å². The van der Waals surface area contributed by atoms with E-state index >= 15 is 0 Å². The second-order valence-corrected chi connectivity index (χ2v) is 8.08. The van der Waals surface area contributed by atoms with Gasteiger partial charge in [0.1, 0.15) is 17.2 Å². The summed E-state index contributed by atoms with van der Waals surface area (Å²) in [4.78, 5) is 30.5. The molecule has 0 aromatic heterocycles. The number of carbonyl (C=O) groups excluding carboxylic acids is 2. The fourth-order valence-corrected chi connectivity index (χ4v) is 4.19. The van der Waals surface area contributed by atoms with E-state index < -0.39 is 0 Å². The molecule has 162 valence electrons. The minimum absolute atomic E-state index is 0.0599. The highest BCUT2D eigenvalue weighted by Crippen LogP contribution is 2.39. The second-order valence-electron chi connectivity index (χ2n) is 8.08. The maximum atomic E-state index is 13.6. The molecule has 2 aromatic carbocycles. The third kappa shape index (κ3) is 4.02. The van der Waals surface area contributed by atoms with Crippen molar-refractivity contribution in [2.75, 3.05) is 25.1 Å². The summed E-state index contributed by atoms with van der Waals surface area (Å²) in [7, 11) is 1.54. The monoisotopic (exact) mass is 420 g/mol. The van der Waals surface area contributed by atoms with Crippen LogP contribution in [0.3, 0.4) is 0 Å². The van der Waals surface area contributed by atoms with Gasteiger partial charge >= 0.3 is 0 Å². The number of piperidine rings is 1. The number of anilines is 1. The molecule has 1 fully saturated rings. The van der Waals surface area contributed by atoms with Gasteiger partial charge in [0.25, 0.3) is 11.8 Å². The molecule has 31 heavy (non-hydrogen) atoms. The predicted octanol–water partition coefficient (Wildman–Crippen LogP) is 4.25. The largest absolute Gasteiger partial charge is 0.495 e.